The standard InChI is InChI=1S/C18H19N3O3/c1-3-9-21(10-4-2)16(22)12-20-18(24)14-11-19-15-8-6-5-7-13(15)17(14)23/h3-8,11H,1-2,9-10,12H2,(H,19,23)(H,20,24). The lowest BCUT2D eigenvalue weighted by Gasteiger charge is -2.19. The molecule has 0 atom stereocenters. The van der Waals surface area contributed by atoms with Crippen molar-refractivity contribution in [2.45, 2.75) is 0 Å². The van der Waals surface area contributed by atoms with Crippen LogP contribution >= 0.6 is 0 Å². The molecule has 2 rings (SSSR count). The van der Waals surface area contributed by atoms with Gasteiger partial charge in [0.25, 0.3) is 5.91 Å². The molecule has 0 bridgehead atoms. The Hall–Kier alpha value is -3.15. The normalized spacial score (nSPS) is 10.2. The van der Waals surface area contributed by atoms with E-state index >= 15 is 0 Å². The Kier molecular flexibility index (Phi) is 5.68. The molecule has 124 valence electrons. The van der Waals surface area contributed by atoms with Crippen LogP contribution in [-0.4, -0.2) is 41.3 Å². The third-order valence-electron chi connectivity index (χ3n) is 3.48. The van der Waals surface area contributed by atoms with E-state index in [-0.39, 0.29) is 23.4 Å². The molecule has 2 amide bonds. The fraction of sp³-hybridized carbons (Fsp3) is 0.167. The van der Waals surface area contributed by atoms with E-state index in [2.05, 4.69) is 23.5 Å². The number of aromatic nitrogens is 1. The lowest BCUT2D eigenvalue weighted by Crippen LogP contribution is -2.41. The maximum absolute atomic E-state index is 12.4. The number of nitrogens with one attached hydrogen (secondary N) is 2. The number of nitrogens with zero attached hydrogens (tertiary/aromatic N) is 1. The van der Waals surface area contributed by atoms with Gasteiger partial charge < -0.3 is 15.2 Å². The first-order chi connectivity index (χ1) is 11.6. The first kappa shape index (κ1) is 17.2. The Morgan fingerprint density at radius 3 is 2.50 bits per heavy atom. The molecule has 0 radical (unpaired) electrons. The first-order valence-electron chi connectivity index (χ1n) is 7.46. The van der Waals surface area contributed by atoms with Crippen molar-refractivity contribution in [2.75, 3.05) is 19.6 Å². The highest BCUT2D eigenvalue weighted by molar-refractivity contribution is 5.98. The number of fused-ring (bicyclic) bond motifs is 1. The van der Waals surface area contributed by atoms with Crippen LogP contribution in [0.4, 0.5) is 0 Å². The van der Waals surface area contributed by atoms with Crippen molar-refractivity contribution in [3.8, 4) is 0 Å². The molecule has 6 nitrogen and oxygen atoms in total. The highest BCUT2D eigenvalue weighted by atomic mass is 16.2. The largest absolute Gasteiger partial charge is 0.360 e. The number of rotatable bonds is 7. The van der Waals surface area contributed by atoms with Gasteiger partial charge in [0.1, 0.15) is 5.56 Å². The lowest BCUT2D eigenvalue weighted by atomic mass is 10.1. The number of hydrogen-bond acceptors (Lipinski definition) is 3. The fourth-order valence-corrected chi connectivity index (χ4v) is 2.29. The SMILES string of the molecule is C=CCN(CC=C)C(=O)CNC(=O)c1c[nH]c2ccccc2c1=O. The van der Waals surface area contributed by atoms with Crippen LogP contribution in [0.15, 0.2) is 60.6 Å². The van der Waals surface area contributed by atoms with Crippen molar-refractivity contribution in [2.24, 2.45) is 0 Å². The molecule has 24 heavy (non-hydrogen) atoms. The molecule has 0 saturated heterocycles. The van der Waals surface area contributed by atoms with Crippen LogP contribution < -0.4 is 10.7 Å². The summed E-state index contributed by atoms with van der Waals surface area (Å²) in [6, 6.07) is 6.92. The molecule has 0 spiro atoms. The lowest BCUT2D eigenvalue weighted by molar-refractivity contribution is -0.129. The smallest absolute Gasteiger partial charge is 0.257 e. The van der Waals surface area contributed by atoms with Gasteiger partial charge >= 0.3 is 0 Å². The quantitative estimate of drug-likeness (QED) is 0.756. The summed E-state index contributed by atoms with van der Waals surface area (Å²) in [4.78, 5) is 41.0. The molecule has 1 aromatic carbocycles. The predicted octanol–water partition coefficient (Wildman–Crippen LogP) is 1.46. The Bertz CT molecular complexity index is 829. The molecular formula is C18H19N3O3. The van der Waals surface area contributed by atoms with Crippen molar-refractivity contribution in [3.63, 3.8) is 0 Å². The summed E-state index contributed by atoms with van der Waals surface area (Å²) in [7, 11) is 0. The Morgan fingerprint density at radius 2 is 1.83 bits per heavy atom. The zero-order valence-corrected chi connectivity index (χ0v) is 13.2. The molecule has 2 aromatic rings. The average molecular weight is 325 g/mol. The van der Waals surface area contributed by atoms with Gasteiger partial charge in [0.05, 0.1) is 6.54 Å². The van der Waals surface area contributed by atoms with Gasteiger partial charge in [-0.3, -0.25) is 14.4 Å². The zero-order chi connectivity index (χ0) is 17.5. The van der Waals surface area contributed by atoms with E-state index in [4.69, 9.17) is 0 Å². The summed E-state index contributed by atoms with van der Waals surface area (Å²) in [6.45, 7) is 7.69. The number of aromatic amines is 1. The second kappa shape index (κ2) is 7.92. The maximum Gasteiger partial charge on any atom is 0.257 e. The van der Waals surface area contributed by atoms with E-state index in [1.54, 1.807) is 36.4 Å². The number of carbonyl (C=O) groups excluding carboxylic acids is 2. The number of para-hydroxylation sites is 1. The minimum absolute atomic E-state index is 0.0273. The fourth-order valence-electron chi connectivity index (χ4n) is 2.29. The van der Waals surface area contributed by atoms with Gasteiger partial charge in [-0.25, -0.2) is 0 Å². The molecule has 0 fully saturated rings. The summed E-state index contributed by atoms with van der Waals surface area (Å²) < 4.78 is 0. The number of carbonyl (C=O) groups is 2. The summed E-state index contributed by atoms with van der Waals surface area (Å²) >= 11 is 0. The molecule has 1 aromatic heterocycles. The molecule has 0 aliphatic rings. The third kappa shape index (κ3) is 3.78. The Morgan fingerprint density at radius 1 is 1.17 bits per heavy atom. The Labute approximate surface area is 139 Å². The summed E-state index contributed by atoms with van der Waals surface area (Å²) in [5.41, 5.74) is 0.252. The second-order valence-electron chi connectivity index (χ2n) is 5.14. The van der Waals surface area contributed by atoms with Gasteiger partial charge in [0.2, 0.25) is 11.3 Å². The molecule has 6 heteroatoms. The van der Waals surface area contributed by atoms with Crippen molar-refractivity contribution in [3.05, 3.63) is 71.6 Å². The van der Waals surface area contributed by atoms with Gasteiger partial charge in [-0.05, 0) is 12.1 Å². The first-order valence-corrected chi connectivity index (χ1v) is 7.46. The van der Waals surface area contributed by atoms with Crippen LogP contribution in [0, 0.1) is 0 Å². The van der Waals surface area contributed by atoms with Crippen LogP contribution in [0.1, 0.15) is 10.4 Å². The van der Waals surface area contributed by atoms with E-state index < -0.39 is 5.91 Å². The van der Waals surface area contributed by atoms with Gasteiger partial charge in [0.15, 0.2) is 0 Å². The van der Waals surface area contributed by atoms with Crippen LogP contribution in [0.25, 0.3) is 10.9 Å². The van der Waals surface area contributed by atoms with E-state index in [9.17, 15) is 14.4 Å². The zero-order valence-electron chi connectivity index (χ0n) is 13.2. The van der Waals surface area contributed by atoms with Crippen LogP contribution in [-0.2, 0) is 4.79 Å². The number of benzene rings is 1. The van der Waals surface area contributed by atoms with Crippen molar-refractivity contribution >= 4 is 22.7 Å². The minimum Gasteiger partial charge on any atom is -0.360 e. The molecule has 0 saturated carbocycles. The highest BCUT2D eigenvalue weighted by Gasteiger charge is 2.16. The maximum atomic E-state index is 12.4. The minimum atomic E-state index is -0.590. The predicted molar refractivity (Wildman–Crippen MR) is 93.9 cm³/mol. The Balaban J connectivity index is 2.11. The third-order valence-corrected chi connectivity index (χ3v) is 3.48. The number of H-pyrrole nitrogens is 1. The number of amides is 2. The van der Waals surface area contributed by atoms with E-state index in [1.807, 2.05) is 0 Å². The number of pyridine rings is 1. The van der Waals surface area contributed by atoms with E-state index in [1.165, 1.54) is 11.1 Å². The van der Waals surface area contributed by atoms with Gasteiger partial charge in [-0.2, -0.15) is 0 Å². The number of hydrogen-bond donors (Lipinski definition) is 2. The van der Waals surface area contributed by atoms with Crippen LogP contribution in [0.3, 0.4) is 0 Å². The second-order valence-corrected chi connectivity index (χ2v) is 5.14. The monoisotopic (exact) mass is 325 g/mol. The average Bonchev–Trinajstić information content (AvgIpc) is 2.59. The molecule has 2 N–H and O–H groups in total. The van der Waals surface area contributed by atoms with Gasteiger partial charge in [0, 0.05) is 30.2 Å². The van der Waals surface area contributed by atoms with Crippen molar-refractivity contribution in [1.29, 1.82) is 0 Å². The molecule has 1 heterocycles. The molecule has 0 unspecified atom stereocenters. The molecule has 0 aliphatic heterocycles. The van der Waals surface area contributed by atoms with Gasteiger partial charge in [-0.15, -0.1) is 13.2 Å². The van der Waals surface area contributed by atoms with Crippen molar-refractivity contribution in [1.82, 2.24) is 15.2 Å². The van der Waals surface area contributed by atoms with E-state index in [0.717, 1.165) is 0 Å². The molecule has 0 aliphatic carbocycles. The summed E-state index contributed by atoms with van der Waals surface area (Å²) in [5, 5.41) is 2.91. The summed E-state index contributed by atoms with van der Waals surface area (Å²) in [5.74, 6) is -0.868. The topological polar surface area (TPSA) is 82.3 Å². The van der Waals surface area contributed by atoms with Crippen molar-refractivity contribution < 1.29 is 9.59 Å². The van der Waals surface area contributed by atoms with E-state index in [0.29, 0.717) is 24.0 Å². The van der Waals surface area contributed by atoms with Crippen LogP contribution in [0.5, 0.6) is 0 Å². The summed E-state index contributed by atoms with van der Waals surface area (Å²) in [6.07, 6.45) is 4.55. The van der Waals surface area contributed by atoms with Crippen LogP contribution in [0.2, 0.25) is 0 Å². The highest BCUT2D eigenvalue weighted by Crippen LogP contribution is 2.06. The van der Waals surface area contributed by atoms with Gasteiger partial charge in [-0.1, -0.05) is 24.3 Å². The molecular weight excluding hydrogens is 306 g/mol.